The minimum absolute atomic E-state index is 0.671. The monoisotopic (exact) mass is 475 g/mol. The van der Waals surface area contributed by atoms with Crippen LogP contribution in [0.4, 0.5) is 5.69 Å². The number of nitrogens with zero attached hydrogens (tertiary/aromatic N) is 2. The van der Waals surface area contributed by atoms with Gasteiger partial charge in [0, 0.05) is 19.2 Å². The van der Waals surface area contributed by atoms with Crippen LogP contribution in [0.2, 0.25) is 0 Å². The first-order chi connectivity index (χ1) is 17.1. The molecule has 0 bridgehead atoms. The fourth-order valence-corrected chi connectivity index (χ4v) is 4.76. The summed E-state index contributed by atoms with van der Waals surface area (Å²) in [4.78, 5) is 2.34. The number of hydrogen-bond acceptors (Lipinski definition) is 3. The zero-order valence-corrected chi connectivity index (χ0v) is 22.6. The van der Waals surface area contributed by atoms with Gasteiger partial charge in [0.25, 0.3) is 0 Å². The summed E-state index contributed by atoms with van der Waals surface area (Å²) in [7, 11) is 0. The maximum Gasteiger partial charge on any atom is 0.242 e. The van der Waals surface area contributed by atoms with Gasteiger partial charge in [-0.25, -0.2) is 4.58 Å². The minimum atomic E-state index is 0.671. The van der Waals surface area contributed by atoms with Gasteiger partial charge >= 0.3 is 0 Å². The molecule has 2 aliphatic rings. The largest absolute Gasteiger partial charge is 0.492 e. The molecule has 0 radical (unpaired) electrons. The molecule has 0 saturated heterocycles. The van der Waals surface area contributed by atoms with Crippen LogP contribution in [0.5, 0.6) is 5.75 Å². The van der Waals surface area contributed by atoms with E-state index in [-0.39, 0.29) is 0 Å². The van der Waals surface area contributed by atoms with Crippen LogP contribution in [0, 0.1) is 0 Å². The van der Waals surface area contributed by atoms with Crippen molar-refractivity contribution >= 4 is 17.5 Å². The van der Waals surface area contributed by atoms with E-state index in [9.17, 15) is 0 Å². The molecule has 0 aromatic heterocycles. The van der Waals surface area contributed by atoms with E-state index < -0.39 is 0 Å². The molecular formula is C31H43N2O2+. The fourth-order valence-electron chi connectivity index (χ4n) is 4.76. The summed E-state index contributed by atoms with van der Waals surface area (Å²) >= 11 is 0. The van der Waals surface area contributed by atoms with Gasteiger partial charge in [0.15, 0.2) is 5.76 Å². The van der Waals surface area contributed by atoms with Gasteiger partial charge in [0.2, 0.25) is 5.71 Å². The highest BCUT2D eigenvalue weighted by Gasteiger charge is 2.20. The Morgan fingerprint density at radius 3 is 2.26 bits per heavy atom. The average molecular weight is 476 g/mol. The zero-order chi connectivity index (χ0) is 25.2. The van der Waals surface area contributed by atoms with Crippen LogP contribution in [-0.4, -0.2) is 49.7 Å². The molecule has 2 aliphatic carbocycles. The van der Waals surface area contributed by atoms with Gasteiger partial charge in [0.05, 0.1) is 18.9 Å². The summed E-state index contributed by atoms with van der Waals surface area (Å²) in [5.74, 6) is 1.94. The first-order valence-electron chi connectivity index (χ1n) is 13.4. The molecule has 4 nitrogen and oxygen atoms in total. The number of anilines is 1. The quantitative estimate of drug-likeness (QED) is 0.324. The Kier molecular flexibility index (Phi) is 10.0. The van der Waals surface area contributed by atoms with Crippen LogP contribution < -0.4 is 9.64 Å². The van der Waals surface area contributed by atoms with Crippen molar-refractivity contribution in [3.05, 3.63) is 76.6 Å². The third kappa shape index (κ3) is 6.78. The highest BCUT2D eigenvalue weighted by atomic mass is 16.5. The molecule has 1 aromatic rings. The summed E-state index contributed by atoms with van der Waals surface area (Å²) < 4.78 is 14.3. The van der Waals surface area contributed by atoms with E-state index in [1.807, 2.05) is 13.8 Å². The fraction of sp³-hybridized carbons (Fsp3) is 0.452. The second-order valence-electron chi connectivity index (χ2n) is 8.75. The van der Waals surface area contributed by atoms with E-state index in [0.29, 0.717) is 13.2 Å². The lowest BCUT2D eigenvalue weighted by Gasteiger charge is -2.24. The molecule has 35 heavy (non-hydrogen) atoms. The standard InChI is InChI=1S/C31H43N2O2/c1-7-32(8-2)28-17-15-26(22-30(28)34-11-5)20-24-13-14-25(19-24)21-27-16-18-29(33(9-3)10-4)31(23-27)35-12-6/h15-23H,7-14H2,1-6H3/q+1. The Hall–Kier alpha value is -3.01. The average Bonchev–Trinajstić information content (AvgIpc) is 3.30. The highest BCUT2D eigenvalue weighted by molar-refractivity contribution is 6.05. The molecule has 0 saturated carbocycles. The van der Waals surface area contributed by atoms with Gasteiger partial charge < -0.3 is 14.4 Å². The number of allylic oxidation sites excluding steroid dienone is 8. The molecule has 0 aliphatic heterocycles. The van der Waals surface area contributed by atoms with E-state index in [4.69, 9.17) is 9.47 Å². The Balaban J connectivity index is 1.84. The van der Waals surface area contributed by atoms with Crippen molar-refractivity contribution in [1.29, 1.82) is 0 Å². The lowest BCUT2D eigenvalue weighted by atomic mass is 10.0. The summed E-state index contributed by atoms with van der Waals surface area (Å²) in [5.41, 5.74) is 7.46. The number of rotatable bonds is 11. The molecule has 3 rings (SSSR count). The Morgan fingerprint density at radius 2 is 1.60 bits per heavy atom. The van der Waals surface area contributed by atoms with Crippen molar-refractivity contribution in [1.82, 2.24) is 0 Å². The molecule has 0 spiro atoms. The lowest BCUT2D eigenvalue weighted by molar-refractivity contribution is -0.520. The third-order valence-electron chi connectivity index (χ3n) is 6.55. The van der Waals surface area contributed by atoms with Gasteiger partial charge in [0.1, 0.15) is 18.8 Å². The van der Waals surface area contributed by atoms with Gasteiger partial charge in [-0.3, -0.25) is 0 Å². The second-order valence-corrected chi connectivity index (χ2v) is 8.75. The smallest absolute Gasteiger partial charge is 0.242 e. The number of hydrogen-bond donors (Lipinski definition) is 0. The van der Waals surface area contributed by atoms with Gasteiger partial charge in [-0.1, -0.05) is 24.3 Å². The van der Waals surface area contributed by atoms with E-state index in [1.165, 1.54) is 33.7 Å². The van der Waals surface area contributed by atoms with E-state index in [0.717, 1.165) is 50.5 Å². The highest BCUT2D eigenvalue weighted by Crippen LogP contribution is 2.33. The van der Waals surface area contributed by atoms with E-state index in [2.05, 4.69) is 91.8 Å². The van der Waals surface area contributed by atoms with Crippen molar-refractivity contribution in [2.24, 2.45) is 0 Å². The first kappa shape index (κ1) is 26.6. The molecule has 0 unspecified atom stereocenters. The van der Waals surface area contributed by atoms with Crippen molar-refractivity contribution in [2.75, 3.05) is 44.3 Å². The van der Waals surface area contributed by atoms with Crippen molar-refractivity contribution < 1.29 is 14.0 Å². The molecule has 1 aromatic carbocycles. The molecule has 0 N–H and O–H groups in total. The van der Waals surface area contributed by atoms with E-state index >= 15 is 0 Å². The van der Waals surface area contributed by atoms with Crippen LogP contribution in [0.3, 0.4) is 0 Å². The molecule has 0 atom stereocenters. The molecular weight excluding hydrogens is 432 g/mol. The van der Waals surface area contributed by atoms with Crippen LogP contribution in [0.25, 0.3) is 6.08 Å². The molecule has 0 heterocycles. The van der Waals surface area contributed by atoms with Crippen molar-refractivity contribution in [3.63, 3.8) is 0 Å². The molecule has 0 amide bonds. The lowest BCUT2D eigenvalue weighted by Crippen LogP contribution is -2.24. The first-order valence-corrected chi connectivity index (χ1v) is 13.4. The normalized spacial score (nSPS) is 17.6. The van der Waals surface area contributed by atoms with Gasteiger partial charge in [-0.2, -0.15) is 0 Å². The Morgan fingerprint density at radius 1 is 0.857 bits per heavy atom. The summed E-state index contributed by atoms with van der Waals surface area (Å²) in [6.07, 6.45) is 15.6. The summed E-state index contributed by atoms with van der Waals surface area (Å²) in [5, 5.41) is 0. The van der Waals surface area contributed by atoms with Crippen molar-refractivity contribution in [2.45, 2.75) is 54.4 Å². The van der Waals surface area contributed by atoms with Crippen LogP contribution in [-0.2, 0) is 4.74 Å². The SMILES string of the molecule is CCOC1=C/C(=C\C2=CC(=C/c3ccc(N(CC)CC)c(OCC)c3)/CC2)C=CC1=[N+](CC)CC. The van der Waals surface area contributed by atoms with E-state index in [1.54, 1.807) is 0 Å². The number of benzene rings is 1. The summed E-state index contributed by atoms with van der Waals surface area (Å²) in [6, 6.07) is 6.59. The zero-order valence-electron chi connectivity index (χ0n) is 22.6. The molecule has 4 heteroatoms. The van der Waals surface area contributed by atoms with Gasteiger partial charge in [-0.15, -0.1) is 0 Å². The maximum atomic E-state index is 5.99. The van der Waals surface area contributed by atoms with Crippen LogP contribution in [0.15, 0.2) is 71.1 Å². The molecule has 0 fully saturated rings. The van der Waals surface area contributed by atoms with Crippen LogP contribution >= 0.6 is 0 Å². The van der Waals surface area contributed by atoms with Crippen LogP contribution in [0.1, 0.15) is 59.9 Å². The topological polar surface area (TPSA) is 24.7 Å². The number of ether oxygens (including phenoxy) is 2. The third-order valence-corrected chi connectivity index (χ3v) is 6.55. The Labute approximate surface area is 212 Å². The second kappa shape index (κ2) is 13.2. The molecule has 188 valence electrons. The predicted molar refractivity (Wildman–Crippen MR) is 150 cm³/mol. The maximum absolute atomic E-state index is 5.99. The van der Waals surface area contributed by atoms with Gasteiger partial charge in [-0.05, 0) is 101 Å². The van der Waals surface area contributed by atoms with Crippen molar-refractivity contribution in [3.8, 4) is 5.75 Å². The Bertz CT molecular complexity index is 1060. The minimum Gasteiger partial charge on any atom is -0.492 e. The predicted octanol–water partition coefficient (Wildman–Crippen LogP) is 6.95. The summed E-state index contributed by atoms with van der Waals surface area (Å²) in [6.45, 7) is 18.1.